The molecule has 0 spiro atoms. The predicted octanol–water partition coefficient (Wildman–Crippen LogP) is 2.36. The summed E-state index contributed by atoms with van der Waals surface area (Å²) >= 11 is 0. The minimum Gasteiger partial charge on any atom is -0.389 e. The van der Waals surface area contributed by atoms with Crippen LogP contribution in [0.5, 0.6) is 0 Å². The third-order valence-electron chi connectivity index (χ3n) is 5.07. The minimum absolute atomic E-state index is 0.0154. The van der Waals surface area contributed by atoms with E-state index in [4.69, 9.17) is 0 Å². The first-order valence-corrected chi connectivity index (χ1v) is 12.7. The van der Waals surface area contributed by atoms with Gasteiger partial charge in [0, 0.05) is 32.2 Å². The van der Waals surface area contributed by atoms with E-state index in [2.05, 4.69) is 11.8 Å². The third kappa shape index (κ3) is 10.8. The lowest BCUT2D eigenvalue weighted by Gasteiger charge is -2.23. The molecule has 30 heavy (non-hydrogen) atoms. The molecule has 7 nitrogen and oxygen atoms in total. The monoisotopic (exact) mass is 440 g/mol. The highest BCUT2D eigenvalue weighted by atomic mass is 32.2. The van der Waals surface area contributed by atoms with Crippen LogP contribution in [-0.2, 0) is 19.6 Å². The molecule has 0 unspecified atom stereocenters. The number of nitrogens with one attached hydrogen (secondary N) is 1. The van der Waals surface area contributed by atoms with Crippen LogP contribution >= 0.6 is 0 Å². The molecular weight excluding hydrogens is 404 g/mol. The standard InChI is InChI=1S/C22H36N2O5S/c1-4-5-8-11-18(2)20(25)15-13-19-14-16-22(27)24(19)17-10-7-6-9-12-21(26)23-30(3,28)29/h13,15,18-20,25H,4,6-7,9-12,14,16-17H2,1-3H3,(H,23,26)/t18-,19-,20-/m0/s1. The molecule has 2 N–H and O–H groups in total. The van der Waals surface area contributed by atoms with Gasteiger partial charge in [0.05, 0.1) is 18.4 Å². The lowest BCUT2D eigenvalue weighted by Crippen LogP contribution is -2.33. The molecule has 2 amide bonds. The summed E-state index contributed by atoms with van der Waals surface area (Å²) in [4.78, 5) is 25.5. The summed E-state index contributed by atoms with van der Waals surface area (Å²) in [5.74, 6) is 5.77. The van der Waals surface area contributed by atoms with E-state index in [1.807, 2.05) is 29.5 Å². The number of nitrogens with zero attached hydrogens (tertiary/aromatic N) is 1. The Labute approximate surface area is 181 Å². The number of unbranched alkanes of at least 4 members (excludes halogenated alkanes) is 3. The second kappa shape index (κ2) is 13.5. The van der Waals surface area contributed by atoms with Gasteiger partial charge in [0.25, 0.3) is 0 Å². The third-order valence-corrected chi connectivity index (χ3v) is 5.66. The lowest BCUT2D eigenvalue weighted by molar-refractivity contribution is -0.128. The maximum Gasteiger partial charge on any atom is 0.233 e. The molecule has 0 saturated carbocycles. The molecule has 0 bridgehead atoms. The van der Waals surface area contributed by atoms with Gasteiger partial charge in [-0.3, -0.25) is 14.3 Å². The molecule has 170 valence electrons. The van der Waals surface area contributed by atoms with Gasteiger partial charge in [-0.15, -0.1) is 11.8 Å². The van der Waals surface area contributed by atoms with E-state index in [0.717, 1.165) is 38.4 Å². The van der Waals surface area contributed by atoms with Gasteiger partial charge in [0.15, 0.2) is 0 Å². The summed E-state index contributed by atoms with van der Waals surface area (Å²) in [6.07, 6.45) is 10.1. The van der Waals surface area contributed by atoms with E-state index in [0.29, 0.717) is 25.8 Å². The number of rotatable bonds is 12. The molecule has 1 saturated heterocycles. The van der Waals surface area contributed by atoms with Crippen LogP contribution in [0.4, 0.5) is 0 Å². The van der Waals surface area contributed by atoms with Crippen molar-refractivity contribution in [1.82, 2.24) is 9.62 Å². The smallest absolute Gasteiger partial charge is 0.233 e. The Balaban J connectivity index is 2.35. The van der Waals surface area contributed by atoms with Gasteiger partial charge >= 0.3 is 0 Å². The SMILES string of the molecule is CCC#CC[C@H](C)[C@@H](O)C=C[C@H]1CCC(=O)N1CCCCCCC(=O)NS(C)(=O)=O. The molecule has 1 fully saturated rings. The number of likely N-dealkylation sites (tertiary alicyclic amines) is 1. The fraction of sp³-hybridized carbons (Fsp3) is 0.727. The van der Waals surface area contributed by atoms with Crippen LogP contribution in [0.15, 0.2) is 12.2 Å². The van der Waals surface area contributed by atoms with Crippen LogP contribution < -0.4 is 4.72 Å². The molecule has 0 radical (unpaired) electrons. The van der Waals surface area contributed by atoms with Crippen molar-refractivity contribution in [3.8, 4) is 11.8 Å². The highest BCUT2D eigenvalue weighted by molar-refractivity contribution is 7.89. The summed E-state index contributed by atoms with van der Waals surface area (Å²) < 4.78 is 23.9. The van der Waals surface area contributed by atoms with Crippen molar-refractivity contribution in [2.24, 2.45) is 5.92 Å². The van der Waals surface area contributed by atoms with Crippen molar-refractivity contribution < 1.29 is 23.1 Å². The molecule has 1 heterocycles. The minimum atomic E-state index is -3.49. The topological polar surface area (TPSA) is 104 Å². The fourth-order valence-corrected chi connectivity index (χ4v) is 3.85. The van der Waals surface area contributed by atoms with Crippen molar-refractivity contribution in [1.29, 1.82) is 0 Å². The van der Waals surface area contributed by atoms with Gasteiger partial charge in [-0.05, 0) is 25.2 Å². The molecule has 0 aromatic heterocycles. The molecule has 0 aromatic rings. The Morgan fingerprint density at radius 2 is 2.00 bits per heavy atom. The van der Waals surface area contributed by atoms with Gasteiger partial charge in [-0.25, -0.2) is 8.42 Å². The second-order valence-corrected chi connectivity index (χ2v) is 9.67. The maximum absolute atomic E-state index is 12.2. The second-order valence-electron chi connectivity index (χ2n) is 7.92. The first kappa shape index (κ1) is 26.2. The van der Waals surface area contributed by atoms with Gasteiger partial charge in [-0.2, -0.15) is 0 Å². The molecule has 1 rings (SSSR count). The average molecular weight is 441 g/mol. The molecule has 1 aliphatic heterocycles. The zero-order valence-corrected chi connectivity index (χ0v) is 19.2. The zero-order valence-electron chi connectivity index (χ0n) is 18.4. The summed E-state index contributed by atoms with van der Waals surface area (Å²) in [7, 11) is -3.49. The molecule has 0 aliphatic carbocycles. The first-order valence-electron chi connectivity index (χ1n) is 10.8. The summed E-state index contributed by atoms with van der Waals surface area (Å²) in [6, 6.07) is 0.0154. The van der Waals surface area contributed by atoms with Crippen LogP contribution in [0.2, 0.25) is 0 Å². The normalized spacial score (nSPS) is 18.9. The number of aliphatic hydroxyl groups excluding tert-OH is 1. The summed E-state index contributed by atoms with van der Waals surface area (Å²) in [6.45, 7) is 4.61. The Kier molecular flexibility index (Phi) is 11.7. The van der Waals surface area contributed by atoms with E-state index >= 15 is 0 Å². The highest BCUT2D eigenvalue weighted by Gasteiger charge is 2.28. The van der Waals surface area contributed by atoms with Gasteiger partial charge in [-0.1, -0.05) is 38.8 Å². The van der Waals surface area contributed by atoms with Gasteiger partial charge < -0.3 is 10.0 Å². The number of amides is 2. The maximum atomic E-state index is 12.2. The quantitative estimate of drug-likeness (QED) is 0.275. The predicted molar refractivity (Wildman–Crippen MR) is 118 cm³/mol. The first-order chi connectivity index (χ1) is 14.1. The number of hydrogen-bond acceptors (Lipinski definition) is 5. The van der Waals surface area contributed by atoms with Crippen molar-refractivity contribution >= 4 is 21.8 Å². The lowest BCUT2D eigenvalue weighted by atomic mass is 10.00. The fourth-order valence-electron chi connectivity index (χ4n) is 3.34. The van der Waals surface area contributed by atoms with Crippen molar-refractivity contribution in [3.63, 3.8) is 0 Å². The van der Waals surface area contributed by atoms with E-state index in [9.17, 15) is 23.1 Å². The van der Waals surface area contributed by atoms with Crippen molar-refractivity contribution in [2.75, 3.05) is 12.8 Å². The number of carbonyl (C=O) groups excluding carboxylic acids is 2. The summed E-state index contributed by atoms with van der Waals surface area (Å²) in [5.41, 5.74) is 0. The van der Waals surface area contributed by atoms with Crippen LogP contribution in [0, 0.1) is 17.8 Å². The van der Waals surface area contributed by atoms with E-state index in [1.165, 1.54) is 0 Å². The number of sulfonamides is 1. The Morgan fingerprint density at radius 3 is 2.67 bits per heavy atom. The number of hydrogen-bond donors (Lipinski definition) is 2. The number of carbonyl (C=O) groups is 2. The molecule has 8 heteroatoms. The molecular formula is C22H36N2O5S. The van der Waals surface area contributed by atoms with E-state index in [-0.39, 0.29) is 24.3 Å². The average Bonchev–Trinajstić information content (AvgIpc) is 3.01. The summed E-state index contributed by atoms with van der Waals surface area (Å²) in [5, 5.41) is 10.3. The Morgan fingerprint density at radius 1 is 1.30 bits per heavy atom. The molecule has 0 aromatic carbocycles. The number of aliphatic hydroxyl groups is 1. The van der Waals surface area contributed by atoms with Crippen LogP contribution in [0.1, 0.15) is 71.6 Å². The Hall–Kier alpha value is -1.85. The van der Waals surface area contributed by atoms with Gasteiger partial charge in [0.1, 0.15) is 0 Å². The van der Waals surface area contributed by atoms with Gasteiger partial charge in [0.2, 0.25) is 21.8 Å². The van der Waals surface area contributed by atoms with Crippen LogP contribution in [0.25, 0.3) is 0 Å². The Bertz CT molecular complexity index is 751. The highest BCUT2D eigenvalue weighted by Crippen LogP contribution is 2.22. The van der Waals surface area contributed by atoms with Crippen LogP contribution in [0.3, 0.4) is 0 Å². The van der Waals surface area contributed by atoms with Crippen molar-refractivity contribution in [3.05, 3.63) is 12.2 Å². The van der Waals surface area contributed by atoms with E-state index in [1.54, 1.807) is 6.08 Å². The van der Waals surface area contributed by atoms with Crippen LogP contribution in [-0.4, -0.2) is 55.2 Å². The molecule has 1 aliphatic rings. The molecule has 3 atom stereocenters. The van der Waals surface area contributed by atoms with Crippen molar-refractivity contribution in [2.45, 2.75) is 83.8 Å². The zero-order chi connectivity index (χ0) is 22.6. The largest absolute Gasteiger partial charge is 0.389 e. The van der Waals surface area contributed by atoms with E-state index < -0.39 is 22.0 Å².